The van der Waals surface area contributed by atoms with Crippen molar-refractivity contribution in [2.75, 3.05) is 13.2 Å². The monoisotopic (exact) mass is 266 g/mol. The molecule has 19 heavy (non-hydrogen) atoms. The normalized spacial score (nSPS) is 16.0. The second kappa shape index (κ2) is 5.77. The van der Waals surface area contributed by atoms with Gasteiger partial charge in [0.15, 0.2) is 0 Å². The largest absolute Gasteiger partial charge is 0.475 e. The average molecular weight is 266 g/mol. The van der Waals surface area contributed by atoms with E-state index in [0.717, 1.165) is 12.0 Å². The predicted octanol–water partition coefficient (Wildman–Crippen LogP) is 2.13. The van der Waals surface area contributed by atoms with Crippen LogP contribution in [0.1, 0.15) is 25.8 Å². The van der Waals surface area contributed by atoms with Crippen molar-refractivity contribution in [3.63, 3.8) is 0 Å². The van der Waals surface area contributed by atoms with E-state index in [4.69, 9.17) is 14.6 Å². The van der Waals surface area contributed by atoms with Crippen molar-refractivity contribution in [3.8, 4) is 11.8 Å². The number of ether oxygens (including phenoxy) is 2. The molecule has 1 aliphatic heterocycles. The van der Waals surface area contributed by atoms with E-state index < -0.39 is 6.09 Å². The van der Waals surface area contributed by atoms with Gasteiger partial charge in [0.05, 0.1) is 19.2 Å². The quantitative estimate of drug-likeness (QED) is 0.907. The molecule has 1 aliphatic rings. The van der Waals surface area contributed by atoms with Crippen molar-refractivity contribution in [1.82, 2.24) is 9.88 Å². The number of aromatic nitrogens is 1. The Kier molecular flexibility index (Phi) is 4.09. The highest BCUT2D eigenvalue weighted by atomic mass is 16.5. The van der Waals surface area contributed by atoms with Crippen molar-refractivity contribution in [2.24, 2.45) is 0 Å². The van der Waals surface area contributed by atoms with Gasteiger partial charge >= 0.3 is 6.09 Å². The van der Waals surface area contributed by atoms with E-state index in [2.05, 4.69) is 4.98 Å². The van der Waals surface area contributed by atoms with E-state index in [1.807, 2.05) is 13.8 Å². The first-order valence-corrected chi connectivity index (χ1v) is 6.37. The summed E-state index contributed by atoms with van der Waals surface area (Å²) >= 11 is 0. The van der Waals surface area contributed by atoms with E-state index in [1.54, 1.807) is 12.1 Å². The molecular formula is C13H18N2O4. The lowest BCUT2D eigenvalue weighted by atomic mass is 10.2. The molecule has 0 aliphatic carbocycles. The molecule has 1 N–H and O–H groups in total. The van der Waals surface area contributed by atoms with Gasteiger partial charge in [0, 0.05) is 11.6 Å². The number of nitrogens with zero attached hydrogens (tertiary/aromatic N) is 2. The smallest absolute Gasteiger partial charge is 0.407 e. The van der Waals surface area contributed by atoms with Gasteiger partial charge in [-0.1, -0.05) is 6.92 Å². The van der Waals surface area contributed by atoms with Crippen LogP contribution in [0.5, 0.6) is 11.8 Å². The number of carbonyl (C=O) groups is 1. The van der Waals surface area contributed by atoms with E-state index in [1.165, 1.54) is 4.90 Å². The van der Waals surface area contributed by atoms with Crippen molar-refractivity contribution >= 4 is 6.09 Å². The van der Waals surface area contributed by atoms with Gasteiger partial charge < -0.3 is 19.5 Å². The summed E-state index contributed by atoms with van der Waals surface area (Å²) in [6, 6.07) is 3.56. The zero-order chi connectivity index (χ0) is 13.8. The molecule has 1 atom stereocenters. The molecule has 0 saturated heterocycles. The molecule has 1 unspecified atom stereocenters. The van der Waals surface area contributed by atoms with Crippen LogP contribution in [0, 0.1) is 0 Å². The number of fused-ring (bicyclic) bond motifs is 1. The Labute approximate surface area is 112 Å². The molecule has 1 aromatic heterocycles. The predicted molar refractivity (Wildman–Crippen MR) is 68.5 cm³/mol. The molecule has 0 saturated carbocycles. The second-order valence-corrected chi connectivity index (χ2v) is 4.50. The topological polar surface area (TPSA) is 71.9 Å². The molecule has 0 spiro atoms. The molecule has 0 aromatic carbocycles. The summed E-state index contributed by atoms with van der Waals surface area (Å²) in [4.78, 5) is 16.6. The average Bonchev–Trinajstić information content (AvgIpc) is 2.60. The van der Waals surface area contributed by atoms with Gasteiger partial charge in [-0.2, -0.15) is 4.98 Å². The van der Waals surface area contributed by atoms with E-state index in [0.29, 0.717) is 31.5 Å². The minimum Gasteiger partial charge on any atom is -0.475 e. The van der Waals surface area contributed by atoms with Gasteiger partial charge in [0.1, 0.15) is 6.61 Å². The highest BCUT2D eigenvalue weighted by Crippen LogP contribution is 2.24. The fourth-order valence-corrected chi connectivity index (χ4v) is 1.75. The lowest BCUT2D eigenvalue weighted by Crippen LogP contribution is -2.30. The molecule has 1 aromatic rings. The van der Waals surface area contributed by atoms with Gasteiger partial charge in [0.25, 0.3) is 0 Å². The number of carboxylic acid groups (broad SMARTS) is 1. The molecule has 6 heteroatoms. The van der Waals surface area contributed by atoms with Crippen LogP contribution in [0.2, 0.25) is 0 Å². The van der Waals surface area contributed by atoms with Crippen LogP contribution < -0.4 is 9.47 Å². The van der Waals surface area contributed by atoms with E-state index >= 15 is 0 Å². The van der Waals surface area contributed by atoms with Gasteiger partial charge in [-0.3, -0.25) is 0 Å². The first-order chi connectivity index (χ1) is 9.10. The third kappa shape index (κ3) is 3.27. The minimum atomic E-state index is -0.948. The Balaban J connectivity index is 2.17. The maximum absolute atomic E-state index is 11.0. The van der Waals surface area contributed by atoms with E-state index in [9.17, 15) is 4.79 Å². The molecule has 1 amide bonds. The Morgan fingerprint density at radius 2 is 2.42 bits per heavy atom. The third-order valence-corrected chi connectivity index (χ3v) is 3.04. The summed E-state index contributed by atoms with van der Waals surface area (Å²) in [7, 11) is 0. The van der Waals surface area contributed by atoms with E-state index in [-0.39, 0.29) is 6.10 Å². The zero-order valence-corrected chi connectivity index (χ0v) is 11.1. The number of pyridine rings is 1. The second-order valence-electron chi connectivity index (χ2n) is 4.50. The van der Waals surface area contributed by atoms with Crippen LogP contribution in [0.3, 0.4) is 0 Å². The maximum Gasteiger partial charge on any atom is 0.407 e. The summed E-state index contributed by atoms with van der Waals surface area (Å²) in [5.74, 6) is 0.974. The number of hydrogen-bond acceptors (Lipinski definition) is 4. The molecule has 104 valence electrons. The Morgan fingerprint density at radius 3 is 3.11 bits per heavy atom. The molecule has 0 bridgehead atoms. The van der Waals surface area contributed by atoms with Gasteiger partial charge in [-0.25, -0.2) is 4.79 Å². The van der Waals surface area contributed by atoms with Crippen molar-refractivity contribution in [2.45, 2.75) is 32.9 Å². The number of hydrogen-bond donors (Lipinski definition) is 1. The Hall–Kier alpha value is -1.98. The Bertz CT molecular complexity index is 464. The Morgan fingerprint density at radius 1 is 1.63 bits per heavy atom. The maximum atomic E-state index is 11.0. The zero-order valence-electron chi connectivity index (χ0n) is 11.1. The van der Waals surface area contributed by atoms with Crippen LogP contribution in [-0.4, -0.2) is 40.3 Å². The van der Waals surface area contributed by atoms with Gasteiger partial charge in [-0.15, -0.1) is 0 Å². The highest BCUT2D eigenvalue weighted by Gasteiger charge is 2.20. The summed E-state index contributed by atoms with van der Waals surface area (Å²) in [5, 5.41) is 9.02. The minimum absolute atomic E-state index is 0.0897. The van der Waals surface area contributed by atoms with Crippen LogP contribution in [0.25, 0.3) is 0 Å². The van der Waals surface area contributed by atoms with Crippen LogP contribution in [0.4, 0.5) is 4.79 Å². The summed E-state index contributed by atoms with van der Waals surface area (Å²) < 4.78 is 11.1. The third-order valence-electron chi connectivity index (χ3n) is 3.04. The molecular weight excluding hydrogens is 248 g/mol. The lowest BCUT2D eigenvalue weighted by molar-refractivity contribution is 0.137. The van der Waals surface area contributed by atoms with Crippen LogP contribution in [0.15, 0.2) is 12.1 Å². The summed E-state index contributed by atoms with van der Waals surface area (Å²) in [6.45, 7) is 4.95. The molecule has 0 radical (unpaired) electrons. The van der Waals surface area contributed by atoms with Gasteiger partial charge in [-0.05, 0) is 19.4 Å². The van der Waals surface area contributed by atoms with Crippen molar-refractivity contribution in [3.05, 3.63) is 17.7 Å². The summed E-state index contributed by atoms with van der Waals surface area (Å²) in [6.07, 6.45) is 0.0371. The fourth-order valence-electron chi connectivity index (χ4n) is 1.75. The standard InChI is InChI=1S/C13H18N2O4/c1-3-9(2)19-11-5-4-10-8-15(13(16)17)6-7-18-12(10)14-11/h4-5,9H,3,6-8H2,1-2H3,(H,16,17). The molecule has 2 heterocycles. The fraction of sp³-hybridized carbons (Fsp3) is 0.538. The lowest BCUT2D eigenvalue weighted by Gasteiger charge is -2.15. The van der Waals surface area contributed by atoms with Gasteiger partial charge in [0.2, 0.25) is 11.8 Å². The number of amides is 1. The first-order valence-electron chi connectivity index (χ1n) is 6.37. The molecule has 0 fully saturated rings. The SMILES string of the molecule is CCC(C)Oc1ccc2c(n1)OCCN(C(=O)O)C2. The van der Waals surface area contributed by atoms with Crippen LogP contribution in [-0.2, 0) is 6.54 Å². The summed E-state index contributed by atoms with van der Waals surface area (Å²) in [5.41, 5.74) is 0.761. The van der Waals surface area contributed by atoms with Crippen molar-refractivity contribution in [1.29, 1.82) is 0 Å². The molecule has 6 nitrogen and oxygen atoms in total. The number of rotatable bonds is 3. The van der Waals surface area contributed by atoms with Crippen molar-refractivity contribution < 1.29 is 19.4 Å². The molecule has 2 rings (SSSR count). The van der Waals surface area contributed by atoms with Crippen LogP contribution >= 0.6 is 0 Å². The highest BCUT2D eigenvalue weighted by molar-refractivity contribution is 5.65. The first kappa shape index (κ1) is 13.5.